The number of carbonyl (C=O) groups excluding carboxylic acids is 1. The molecule has 0 bridgehead atoms. The second kappa shape index (κ2) is 7.39. The molecule has 9 nitrogen and oxygen atoms in total. The van der Waals surface area contributed by atoms with Crippen LogP contribution in [-0.2, 0) is 0 Å². The molecule has 1 heterocycles. The number of hydrogen-bond acceptors (Lipinski definition) is 6. The van der Waals surface area contributed by atoms with Crippen molar-refractivity contribution in [3.8, 4) is 5.69 Å². The molecular formula is C16H22N6O3. The lowest BCUT2D eigenvalue weighted by atomic mass is 9.92. The zero-order chi connectivity index (χ0) is 18.6. The third kappa shape index (κ3) is 3.66. The lowest BCUT2D eigenvalue weighted by molar-refractivity contribution is -0.384. The zero-order valence-electron chi connectivity index (χ0n) is 14.5. The molecular weight excluding hydrogens is 324 g/mol. The molecule has 0 unspecified atom stereocenters. The summed E-state index contributed by atoms with van der Waals surface area (Å²) in [5.41, 5.74) is 6.41. The molecule has 0 radical (unpaired) electrons. The molecule has 9 heteroatoms. The maximum atomic E-state index is 12.6. The van der Waals surface area contributed by atoms with Crippen LogP contribution < -0.4 is 11.1 Å². The summed E-state index contributed by atoms with van der Waals surface area (Å²) in [5.74, 6) is -0.358. The fourth-order valence-electron chi connectivity index (χ4n) is 2.59. The van der Waals surface area contributed by atoms with Crippen LogP contribution in [0.25, 0.3) is 5.69 Å². The number of nitrogens with one attached hydrogen (secondary N) is 1. The first kappa shape index (κ1) is 18.5. The highest BCUT2D eigenvalue weighted by molar-refractivity contribution is 5.93. The van der Waals surface area contributed by atoms with Gasteiger partial charge in [0.15, 0.2) is 5.69 Å². The van der Waals surface area contributed by atoms with Gasteiger partial charge < -0.3 is 11.1 Å². The van der Waals surface area contributed by atoms with Crippen molar-refractivity contribution < 1.29 is 9.72 Å². The van der Waals surface area contributed by atoms with Crippen molar-refractivity contribution in [2.24, 2.45) is 5.73 Å². The van der Waals surface area contributed by atoms with Gasteiger partial charge in [-0.1, -0.05) is 25.1 Å². The minimum absolute atomic E-state index is 0.0579. The first-order valence-corrected chi connectivity index (χ1v) is 8.07. The van der Waals surface area contributed by atoms with Crippen LogP contribution >= 0.6 is 0 Å². The maximum absolute atomic E-state index is 12.6. The van der Waals surface area contributed by atoms with Crippen molar-refractivity contribution in [2.75, 3.05) is 6.54 Å². The third-order valence-electron chi connectivity index (χ3n) is 4.52. The van der Waals surface area contributed by atoms with Gasteiger partial charge in [-0.25, -0.2) is 4.68 Å². The predicted octanol–water partition coefficient (Wildman–Crippen LogP) is 1.73. The van der Waals surface area contributed by atoms with E-state index in [9.17, 15) is 14.9 Å². The first-order valence-electron chi connectivity index (χ1n) is 8.07. The quantitative estimate of drug-likeness (QED) is 0.580. The summed E-state index contributed by atoms with van der Waals surface area (Å²) in [6.07, 6.45) is 1.40. The second-order valence-electron chi connectivity index (χ2n) is 5.86. The van der Waals surface area contributed by atoms with E-state index in [1.165, 1.54) is 16.8 Å². The van der Waals surface area contributed by atoms with E-state index in [2.05, 4.69) is 15.6 Å². The molecule has 2 rings (SSSR count). The van der Waals surface area contributed by atoms with Crippen molar-refractivity contribution in [1.82, 2.24) is 20.3 Å². The van der Waals surface area contributed by atoms with Crippen LogP contribution in [0.15, 0.2) is 24.3 Å². The average molecular weight is 346 g/mol. The minimum atomic E-state index is -0.487. The first-order chi connectivity index (χ1) is 11.9. The van der Waals surface area contributed by atoms with E-state index in [4.69, 9.17) is 5.73 Å². The Kier molecular flexibility index (Phi) is 5.48. The average Bonchev–Trinajstić information content (AvgIpc) is 3.01. The van der Waals surface area contributed by atoms with E-state index >= 15 is 0 Å². The number of carbonyl (C=O) groups is 1. The predicted molar refractivity (Wildman–Crippen MR) is 92.6 cm³/mol. The van der Waals surface area contributed by atoms with Gasteiger partial charge in [0.05, 0.1) is 21.8 Å². The fourth-order valence-corrected chi connectivity index (χ4v) is 2.59. The van der Waals surface area contributed by atoms with Gasteiger partial charge in [0.2, 0.25) is 0 Å². The Morgan fingerprint density at radius 1 is 1.40 bits per heavy atom. The van der Waals surface area contributed by atoms with Crippen molar-refractivity contribution in [1.29, 1.82) is 0 Å². The lowest BCUT2D eigenvalue weighted by Gasteiger charge is -2.31. The summed E-state index contributed by atoms with van der Waals surface area (Å²) in [6, 6.07) is 5.99. The molecule has 3 N–H and O–H groups in total. The third-order valence-corrected chi connectivity index (χ3v) is 4.52. The molecule has 1 aromatic heterocycles. The number of hydrogen-bond donors (Lipinski definition) is 2. The van der Waals surface area contributed by atoms with E-state index in [-0.39, 0.29) is 17.3 Å². The number of rotatable bonds is 7. The maximum Gasteiger partial charge on any atom is 0.274 e. The van der Waals surface area contributed by atoms with Crippen LogP contribution in [0.2, 0.25) is 0 Å². The summed E-state index contributed by atoms with van der Waals surface area (Å²) < 4.78 is 1.41. The molecule has 0 saturated heterocycles. The van der Waals surface area contributed by atoms with Crippen LogP contribution in [0.4, 0.5) is 5.69 Å². The summed E-state index contributed by atoms with van der Waals surface area (Å²) in [4.78, 5) is 23.0. The Hall–Kier alpha value is -2.81. The number of non-ortho nitro benzene ring substituents is 1. The smallest absolute Gasteiger partial charge is 0.274 e. The van der Waals surface area contributed by atoms with Crippen molar-refractivity contribution >= 4 is 11.6 Å². The number of amides is 1. The number of nitro benzene ring substituents is 1. The number of nitrogens with two attached hydrogens (primary N) is 1. The minimum Gasteiger partial charge on any atom is -0.344 e. The summed E-state index contributed by atoms with van der Waals surface area (Å²) in [6.45, 7) is 5.94. The molecule has 0 aliphatic heterocycles. The topological polar surface area (TPSA) is 129 Å². The fraction of sp³-hybridized carbons (Fsp3) is 0.438. The van der Waals surface area contributed by atoms with Gasteiger partial charge in [0.25, 0.3) is 11.6 Å². The largest absolute Gasteiger partial charge is 0.344 e. The van der Waals surface area contributed by atoms with Crippen molar-refractivity contribution in [2.45, 2.75) is 39.2 Å². The second-order valence-corrected chi connectivity index (χ2v) is 5.86. The number of aromatic nitrogens is 3. The van der Waals surface area contributed by atoms with E-state index in [1.54, 1.807) is 19.1 Å². The molecule has 0 saturated carbocycles. The van der Waals surface area contributed by atoms with Gasteiger partial charge >= 0.3 is 0 Å². The van der Waals surface area contributed by atoms with Crippen molar-refractivity contribution in [3.63, 3.8) is 0 Å². The molecule has 2 aromatic rings. The van der Waals surface area contributed by atoms with Crippen LogP contribution in [-0.4, -0.2) is 37.9 Å². The highest BCUT2D eigenvalue weighted by atomic mass is 16.6. The van der Waals surface area contributed by atoms with E-state index in [0.717, 1.165) is 0 Å². The Morgan fingerprint density at radius 2 is 2.08 bits per heavy atom. The highest BCUT2D eigenvalue weighted by Gasteiger charge is 2.29. The molecule has 1 amide bonds. The lowest BCUT2D eigenvalue weighted by Crippen LogP contribution is -2.53. The van der Waals surface area contributed by atoms with Gasteiger partial charge in [-0.3, -0.25) is 14.9 Å². The number of nitrogens with zero attached hydrogens (tertiary/aromatic N) is 4. The highest BCUT2D eigenvalue weighted by Crippen LogP contribution is 2.19. The molecule has 0 aliphatic rings. The SMILES string of the molecule is CCC(CC)(CN)NC(=O)c1nnn(-c2cccc([N+](=O)[O-])c2)c1C. The molecule has 25 heavy (non-hydrogen) atoms. The molecule has 134 valence electrons. The Bertz CT molecular complexity index is 774. The Morgan fingerprint density at radius 3 is 2.64 bits per heavy atom. The van der Waals surface area contributed by atoms with Crippen LogP contribution in [0.1, 0.15) is 42.9 Å². The Balaban J connectivity index is 2.34. The van der Waals surface area contributed by atoms with Crippen LogP contribution in [0.5, 0.6) is 0 Å². The molecule has 0 aliphatic carbocycles. The molecule has 0 atom stereocenters. The standard InChI is InChI=1S/C16H22N6O3/c1-4-16(5-2,10-17)18-15(23)14-11(3)21(20-19-14)12-7-6-8-13(9-12)22(24)25/h6-9H,4-5,10,17H2,1-3H3,(H,18,23). The molecule has 0 spiro atoms. The van der Waals surface area contributed by atoms with Crippen LogP contribution in [0, 0.1) is 17.0 Å². The number of nitro groups is 1. The summed E-state index contributed by atoms with van der Waals surface area (Å²) in [7, 11) is 0. The Labute approximate surface area is 145 Å². The van der Waals surface area contributed by atoms with Gasteiger partial charge in [-0.15, -0.1) is 5.10 Å². The van der Waals surface area contributed by atoms with Crippen LogP contribution in [0.3, 0.4) is 0 Å². The van der Waals surface area contributed by atoms with Crippen molar-refractivity contribution in [3.05, 3.63) is 45.8 Å². The molecule has 0 fully saturated rings. The van der Waals surface area contributed by atoms with Gasteiger partial charge in [-0.05, 0) is 25.8 Å². The normalized spacial score (nSPS) is 11.4. The summed E-state index contributed by atoms with van der Waals surface area (Å²) >= 11 is 0. The zero-order valence-corrected chi connectivity index (χ0v) is 14.5. The monoisotopic (exact) mass is 346 g/mol. The van der Waals surface area contributed by atoms with E-state index < -0.39 is 10.5 Å². The molecule has 1 aromatic carbocycles. The van der Waals surface area contributed by atoms with Gasteiger partial charge in [0.1, 0.15) is 0 Å². The number of benzene rings is 1. The van der Waals surface area contributed by atoms with E-state index in [0.29, 0.717) is 30.8 Å². The van der Waals surface area contributed by atoms with Gasteiger partial charge in [0, 0.05) is 18.7 Å². The van der Waals surface area contributed by atoms with Gasteiger partial charge in [-0.2, -0.15) is 0 Å². The summed E-state index contributed by atoms with van der Waals surface area (Å²) in [5, 5.41) is 21.8. The van der Waals surface area contributed by atoms with E-state index in [1.807, 2.05) is 13.8 Å².